The molecule has 0 aliphatic heterocycles. The van der Waals surface area contributed by atoms with Crippen LogP contribution in [0.1, 0.15) is 0 Å². The van der Waals surface area contributed by atoms with Crippen LogP contribution in [0.4, 0.5) is 0 Å². The summed E-state index contributed by atoms with van der Waals surface area (Å²) in [5, 5.41) is 104. The molecule has 0 unspecified atom stereocenters. The molecular formula is C12H26CoO18W. The predicted molar refractivity (Wildman–Crippen MR) is 83.3 cm³/mol. The third-order valence-electron chi connectivity index (χ3n) is 3.02. The summed E-state index contributed by atoms with van der Waals surface area (Å²) in [7, 11) is 0. The molecule has 0 fully saturated rings. The molecule has 0 saturated carbocycles. The first kappa shape index (κ1) is 38.5. The Kier molecular flexibility index (Phi) is 22.5. The van der Waals surface area contributed by atoms with Crippen molar-refractivity contribution in [3.8, 4) is 0 Å². The van der Waals surface area contributed by atoms with Crippen LogP contribution in [0.2, 0.25) is 0 Å². The number of aliphatic hydroxyl groups excluding tert-OH is 10. The average molecular weight is 701 g/mol. The Morgan fingerprint density at radius 1 is 0.594 bits per heavy atom. The molecule has 14 N–H and O–H groups in total. The second kappa shape index (κ2) is 18.7. The predicted octanol–water partition coefficient (Wildman–Crippen LogP) is -8.34. The number of hydrogen-bond acceptors (Lipinski definition) is 14. The summed E-state index contributed by atoms with van der Waals surface area (Å²) in [5.74, 6) is -3.45. The molecule has 8 atom stereocenters. The minimum atomic E-state index is -5.67. The maximum absolute atomic E-state index is 10.1. The Balaban J connectivity index is -0.000000198. The molecule has 20 heteroatoms. The number of carboxylic acid groups (broad SMARTS) is 2. The van der Waals surface area contributed by atoms with Crippen LogP contribution in [0, 0.1) is 0 Å². The molecule has 0 aliphatic rings. The number of rotatable bonds is 10. The normalized spacial score (nSPS) is 18.4. The van der Waals surface area contributed by atoms with E-state index in [-0.39, 0.29) is 16.8 Å². The summed E-state index contributed by atoms with van der Waals surface area (Å²) in [4.78, 5) is 20.2. The standard InChI is InChI=1S/2C6H12O7.Co.2H2O.2O.W/c2*7-1-2(8)3(9)4(10)5(11)6(12)13;;;;;;/h2*2-5,7-11H,1H2,(H,12,13);;2*1H2;;;/q;;;;;;;+2/p-2/t2*2-,3-,4+,5-;;;;;;/m11....../s1. The van der Waals surface area contributed by atoms with Gasteiger partial charge in [0.15, 0.2) is 12.2 Å². The van der Waals surface area contributed by atoms with E-state index < -0.39 is 90.7 Å². The summed E-state index contributed by atoms with van der Waals surface area (Å²) in [5.41, 5.74) is 0. The SMILES string of the molecule is O=C(O)[C@H](O)[C@@H](O)[C@H](O)[C@H](O)CO.O=C(O)[C@H](O)[C@@H](O)[C@H](O)[C@H](O)CO.[Co].[O]=[W](=[O])([OH])[OH]. The molecule has 0 saturated heterocycles. The molecule has 0 heterocycles. The van der Waals surface area contributed by atoms with E-state index in [4.69, 9.17) is 75.6 Å². The molecule has 0 aromatic heterocycles. The third-order valence-corrected chi connectivity index (χ3v) is 3.02. The molecule has 0 amide bonds. The molecule has 1 radical (unpaired) electrons. The molecule has 32 heavy (non-hydrogen) atoms. The van der Waals surface area contributed by atoms with E-state index in [0.717, 1.165) is 0 Å². The van der Waals surface area contributed by atoms with Crippen LogP contribution in [0.3, 0.4) is 0 Å². The van der Waals surface area contributed by atoms with Crippen molar-refractivity contribution in [2.75, 3.05) is 13.2 Å². The Morgan fingerprint density at radius 3 is 0.906 bits per heavy atom. The Hall–Kier alpha value is -0.745. The average Bonchev–Trinajstić information content (AvgIpc) is 2.67. The number of hydrogen-bond donors (Lipinski definition) is 14. The van der Waals surface area contributed by atoms with Gasteiger partial charge in [0.25, 0.3) is 0 Å². The van der Waals surface area contributed by atoms with Crippen molar-refractivity contribution in [3.63, 3.8) is 0 Å². The molecule has 0 aromatic carbocycles. The first-order chi connectivity index (χ1) is 13.8. The Labute approximate surface area is 192 Å². The van der Waals surface area contributed by atoms with Crippen LogP contribution >= 0.6 is 0 Å². The van der Waals surface area contributed by atoms with Gasteiger partial charge in [0.1, 0.15) is 36.6 Å². The van der Waals surface area contributed by atoms with E-state index in [1.54, 1.807) is 0 Å². The van der Waals surface area contributed by atoms with Crippen molar-refractivity contribution in [1.29, 1.82) is 0 Å². The number of aliphatic hydroxyl groups is 10. The van der Waals surface area contributed by atoms with Crippen LogP contribution in [0.5, 0.6) is 0 Å². The first-order valence-electron chi connectivity index (χ1n) is 7.65. The van der Waals surface area contributed by atoms with Gasteiger partial charge in [-0.05, 0) is 0 Å². The van der Waals surface area contributed by atoms with Gasteiger partial charge in [-0.3, -0.25) is 0 Å². The number of aliphatic carboxylic acids is 2. The van der Waals surface area contributed by atoms with Gasteiger partial charge in [0, 0.05) is 16.8 Å². The molecular weight excluding hydrogens is 675 g/mol. The fourth-order valence-electron chi connectivity index (χ4n) is 1.34. The van der Waals surface area contributed by atoms with Crippen molar-refractivity contribution in [1.82, 2.24) is 0 Å². The summed E-state index contributed by atoms with van der Waals surface area (Å²) in [6.45, 7) is -1.69. The van der Waals surface area contributed by atoms with Gasteiger partial charge in [0.05, 0.1) is 13.2 Å². The monoisotopic (exact) mass is 701 g/mol. The summed E-state index contributed by atoms with van der Waals surface area (Å²) >= 11 is -5.67. The molecule has 0 spiro atoms. The third kappa shape index (κ3) is 18.8. The van der Waals surface area contributed by atoms with E-state index >= 15 is 0 Å². The van der Waals surface area contributed by atoms with Crippen molar-refractivity contribution in [2.45, 2.75) is 48.8 Å². The number of carbonyl (C=O) groups is 2. The second-order valence-corrected chi connectivity index (χ2v) is 8.69. The fraction of sp³-hybridized carbons (Fsp3) is 0.833. The van der Waals surface area contributed by atoms with Gasteiger partial charge in [-0.15, -0.1) is 0 Å². The molecule has 18 nitrogen and oxygen atoms in total. The van der Waals surface area contributed by atoms with Gasteiger partial charge in [-0.1, -0.05) is 0 Å². The summed E-state index contributed by atoms with van der Waals surface area (Å²) < 4.78 is 32.1. The molecule has 0 bridgehead atoms. The first-order valence-corrected chi connectivity index (χ1v) is 12.7. The molecule has 0 aliphatic carbocycles. The van der Waals surface area contributed by atoms with Crippen molar-refractivity contribution in [3.05, 3.63) is 0 Å². The van der Waals surface area contributed by atoms with Crippen LogP contribution in [0.15, 0.2) is 0 Å². The van der Waals surface area contributed by atoms with Gasteiger partial charge in [-0.2, -0.15) is 0 Å². The zero-order valence-corrected chi connectivity index (χ0v) is 19.6. The zero-order chi connectivity index (χ0) is 25.7. The van der Waals surface area contributed by atoms with Gasteiger partial charge in [0.2, 0.25) is 0 Å². The molecule has 0 aromatic rings. The van der Waals surface area contributed by atoms with E-state index in [9.17, 15) is 9.59 Å². The van der Waals surface area contributed by atoms with Gasteiger partial charge < -0.3 is 61.3 Å². The van der Waals surface area contributed by atoms with Crippen LogP contribution < -0.4 is 0 Å². The molecule has 0 rings (SSSR count). The van der Waals surface area contributed by atoms with E-state index in [0.29, 0.717) is 0 Å². The Bertz CT molecular complexity index is 569. The minimum absolute atomic E-state index is 0. The van der Waals surface area contributed by atoms with Crippen molar-refractivity contribution in [2.24, 2.45) is 0 Å². The van der Waals surface area contributed by atoms with Gasteiger partial charge >= 0.3 is 43.0 Å². The van der Waals surface area contributed by atoms with Crippen LogP contribution in [-0.4, -0.2) is 143 Å². The Morgan fingerprint density at radius 2 is 0.781 bits per heavy atom. The van der Waals surface area contributed by atoms with E-state index in [1.807, 2.05) is 0 Å². The topological polar surface area (TPSA) is 352 Å². The summed E-state index contributed by atoms with van der Waals surface area (Å²) in [6.07, 6.45) is -15.7. The van der Waals surface area contributed by atoms with Crippen molar-refractivity contribution >= 4 is 11.9 Å². The van der Waals surface area contributed by atoms with Crippen LogP contribution in [0.25, 0.3) is 0 Å². The number of carboxylic acids is 2. The summed E-state index contributed by atoms with van der Waals surface area (Å²) in [6, 6.07) is 0. The second-order valence-electron chi connectivity index (χ2n) is 5.48. The van der Waals surface area contributed by atoms with E-state index in [2.05, 4.69) is 0 Å². The quantitative estimate of drug-likeness (QED) is 0.101. The maximum atomic E-state index is 10.1. The van der Waals surface area contributed by atoms with Crippen molar-refractivity contribution < 1.29 is 119 Å². The van der Waals surface area contributed by atoms with Crippen LogP contribution in [-0.2, 0) is 49.9 Å². The van der Waals surface area contributed by atoms with E-state index in [1.165, 1.54) is 0 Å². The van der Waals surface area contributed by atoms with Gasteiger partial charge in [-0.25, -0.2) is 9.59 Å². The zero-order valence-electron chi connectivity index (χ0n) is 15.7. The molecule has 197 valence electrons. The fourth-order valence-corrected chi connectivity index (χ4v) is 1.34.